The van der Waals surface area contributed by atoms with E-state index < -0.39 is 60.1 Å². The highest BCUT2D eigenvalue weighted by molar-refractivity contribution is 5.82. The molecule has 0 unspecified atom stereocenters. The van der Waals surface area contributed by atoms with Gasteiger partial charge in [-0.3, -0.25) is 0 Å². The summed E-state index contributed by atoms with van der Waals surface area (Å²) in [6.45, 7) is 0. The Morgan fingerprint density at radius 1 is 0.710 bits per heavy atom. The Hall–Kier alpha value is -2.42. The van der Waals surface area contributed by atoms with Crippen LogP contribution in [-0.2, 0) is 9.53 Å². The van der Waals surface area contributed by atoms with Crippen LogP contribution in [0.4, 0.5) is 70.2 Å². The number of alkyl halides is 16. The van der Waals surface area contributed by atoms with Crippen molar-refractivity contribution in [2.45, 2.75) is 48.1 Å². The lowest BCUT2D eigenvalue weighted by Gasteiger charge is -2.41. The number of nitriles is 1. The molecule has 31 heavy (non-hydrogen) atoms. The van der Waals surface area contributed by atoms with E-state index in [1.54, 1.807) is 0 Å². The van der Waals surface area contributed by atoms with Crippen LogP contribution in [-0.4, -0.2) is 54.0 Å². The first-order chi connectivity index (χ1) is 13.4. The van der Waals surface area contributed by atoms with E-state index in [0.717, 1.165) is 6.07 Å². The molecule has 3 nitrogen and oxygen atoms in total. The average molecular weight is 497 g/mol. The molecule has 0 aliphatic rings. The van der Waals surface area contributed by atoms with Gasteiger partial charge in [0.25, 0.3) is 0 Å². The quantitative estimate of drug-likeness (QED) is 0.189. The summed E-state index contributed by atoms with van der Waals surface area (Å²) in [7, 11) is 0. The van der Waals surface area contributed by atoms with E-state index in [0.29, 0.717) is 0 Å². The summed E-state index contributed by atoms with van der Waals surface area (Å²) < 4.78 is 209. The number of hydrogen-bond acceptors (Lipinski definition) is 3. The first kappa shape index (κ1) is 28.6. The van der Waals surface area contributed by atoms with Gasteiger partial charge in [0.05, 0.1) is 6.07 Å². The summed E-state index contributed by atoms with van der Waals surface area (Å²) in [6, 6.07) is 0.841. The normalized spacial score (nSPS) is 15.4. The van der Waals surface area contributed by atoms with Crippen LogP contribution >= 0.6 is 0 Å². The number of hydrogen-bond donors (Lipinski definition) is 0. The molecule has 0 amide bonds. The van der Waals surface area contributed by atoms with E-state index in [-0.39, 0.29) is 6.08 Å². The van der Waals surface area contributed by atoms with Crippen molar-refractivity contribution < 1.29 is 79.8 Å². The molecule has 0 aliphatic heterocycles. The minimum Gasteiger partial charge on any atom is -0.393 e. The van der Waals surface area contributed by atoms with Crippen molar-refractivity contribution in [3.05, 3.63) is 12.2 Å². The maximum atomic E-state index is 13.3. The highest BCUT2D eigenvalue weighted by Crippen LogP contribution is 2.62. The Kier molecular flexibility index (Phi) is 7.31. The van der Waals surface area contributed by atoms with Gasteiger partial charge in [0.15, 0.2) is 0 Å². The zero-order valence-electron chi connectivity index (χ0n) is 13.5. The van der Waals surface area contributed by atoms with Crippen LogP contribution in [0, 0.1) is 11.3 Å². The Morgan fingerprint density at radius 2 is 1.06 bits per heavy atom. The number of allylic oxidation sites excluding steroid dienone is 1. The lowest BCUT2D eigenvalue weighted by Crippen LogP contribution is -2.74. The summed E-state index contributed by atoms with van der Waals surface area (Å²) in [6.07, 6.45) is -13.8. The maximum absolute atomic E-state index is 13.3. The number of nitrogens with zero attached hydrogens (tertiary/aromatic N) is 1. The molecule has 180 valence electrons. The highest BCUT2D eigenvalue weighted by Gasteiger charge is 2.94. The second-order valence-corrected chi connectivity index (χ2v) is 5.20. The van der Waals surface area contributed by atoms with Crippen molar-refractivity contribution in [1.82, 2.24) is 0 Å². The van der Waals surface area contributed by atoms with Crippen LogP contribution < -0.4 is 0 Å². The largest absolute Gasteiger partial charge is 0.473 e. The second-order valence-electron chi connectivity index (χ2n) is 5.20. The van der Waals surface area contributed by atoms with E-state index >= 15 is 0 Å². The fraction of sp³-hybridized carbons (Fsp3) is 0.667. The Balaban J connectivity index is 6.53. The van der Waals surface area contributed by atoms with Crippen LogP contribution in [0.2, 0.25) is 0 Å². The maximum Gasteiger partial charge on any atom is 0.473 e. The van der Waals surface area contributed by atoms with Gasteiger partial charge in [-0.05, 0) is 0 Å². The molecule has 0 saturated carbocycles. The van der Waals surface area contributed by atoms with Gasteiger partial charge >= 0.3 is 54.0 Å². The zero-order chi connectivity index (χ0) is 25.5. The third-order valence-electron chi connectivity index (χ3n) is 3.16. The van der Waals surface area contributed by atoms with Crippen molar-refractivity contribution in [3.63, 3.8) is 0 Å². The molecule has 0 heterocycles. The molecule has 0 aromatic heterocycles. The fourth-order valence-corrected chi connectivity index (χ4v) is 1.45. The van der Waals surface area contributed by atoms with Crippen LogP contribution in [0.5, 0.6) is 0 Å². The first-order valence-corrected chi connectivity index (χ1v) is 6.62. The predicted octanol–water partition coefficient (Wildman–Crippen LogP) is 5.28. The molecule has 0 N–H and O–H groups in total. The number of halogens is 16. The Morgan fingerprint density at radius 3 is 1.42 bits per heavy atom. The lowest BCUT2D eigenvalue weighted by atomic mass is 9.91. The molecular formula is C12H3F16NO2. The van der Waals surface area contributed by atoms with Gasteiger partial charge < -0.3 is 4.74 Å². The molecule has 0 atom stereocenters. The molecule has 19 heteroatoms. The third-order valence-corrected chi connectivity index (χ3v) is 3.16. The fourth-order valence-electron chi connectivity index (χ4n) is 1.45. The van der Waals surface area contributed by atoms with Crippen molar-refractivity contribution in [2.24, 2.45) is 0 Å². The summed E-state index contributed by atoms with van der Waals surface area (Å²) in [4.78, 5) is 10.6. The molecule has 0 spiro atoms. The minimum absolute atomic E-state index is 0.121. The van der Waals surface area contributed by atoms with Crippen LogP contribution in [0.15, 0.2) is 12.2 Å². The summed E-state index contributed by atoms with van der Waals surface area (Å²) >= 11 is 0. The summed E-state index contributed by atoms with van der Waals surface area (Å²) in [5.41, 5.74) is 0. The zero-order valence-corrected chi connectivity index (χ0v) is 13.5. The van der Waals surface area contributed by atoms with Crippen molar-refractivity contribution >= 4 is 5.97 Å². The van der Waals surface area contributed by atoms with Gasteiger partial charge in [0, 0.05) is 12.2 Å². The molecule has 0 fully saturated rings. The number of carbonyl (C=O) groups is 1. The summed E-state index contributed by atoms with van der Waals surface area (Å²) in [5, 5.41) is 7.91. The molecule has 0 aromatic carbocycles. The molecule has 0 aliphatic carbocycles. The smallest absolute Gasteiger partial charge is 0.393 e. The third kappa shape index (κ3) is 4.07. The summed E-state index contributed by atoms with van der Waals surface area (Å²) in [5.74, 6) is -52.1. The molecule has 0 aromatic rings. The standard InChI is InChI=1S/C12H3F16NO2/c13-5(14)6(15,16)7(17,18)8(19,20)9(21,22)10(23,24)11(25,26)12(27,28)31-4(30)2-1-3-29/h1-2,5H. The van der Waals surface area contributed by atoms with Crippen LogP contribution in [0.1, 0.15) is 0 Å². The van der Waals surface area contributed by atoms with Gasteiger partial charge in [-0.1, -0.05) is 0 Å². The lowest BCUT2D eigenvalue weighted by molar-refractivity contribution is -0.464. The number of rotatable bonds is 9. The topological polar surface area (TPSA) is 50.1 Å². The van der Waals surface area contributed by atoms with Gasteiger partial charge in [-0.2, -0.15) is 66.7 Å². The van der Waals surface area contributed by atoms with Crippen molar-refractivity contribution in [1.29, 1.82) is 5.26 Å². The van der Waals surface area contributed by atoms with E-state index in [9.17, 15) is 75.0 Å². The second kappa shape index (κ2) is 7.93. The van der Waals surface area contributed by atoms with E-state index in [1.807, 2.05) is 0 Å². The SMILES string of the molecule is N#CC=CC(=O)OC(F)(F)C(F)(F)C(F)(F)C(F)(F)C(F)(F)C(F)(F)C(F)(F)C(F)F. The molecule has 0 saturated heterocycles. The van der Waals surface area contributed by atoms with Gasteiger partial charge in [-0.15, -0.1) is 0 Å². The number of esters is 1. The van der Waals surface area contributed by atoms with E-state index in [4.69, 9.17) is 5.26 Å². The van der Waals surface area contributed by atoms with E-state index in [2.05, 4.69) is 4.74 Å². The van der Waals surface area contributed by atoms with Gasteiger partial charge in [0.2, 0.25) is 0 Å². The monoisotopic (exact) mass is 497 g/mol. The van der Waals surface area contributed by atoms with Crippen LogP contribution in [0.3, 0.4) is 0 Å². The van der Waals surface area contributed by atoms with Crippen LogP contribution in [0.25, 0.3) is 0 Å². The first-order valence-electron chi connectivity index (χ1n) is 6.62. The van der Waals surface area contributed by atoms with E-state index in [1.165, 1.54) is 0 Å². The van der Waals surface area contributed by atoms with Gasteiger partial charge in [-0.25, -0.2) is 13.6 Å². The number of carbonyl (C=O) groups excluding carboxylic acids is 1. The predicted molar refractivity (Wildman–Crippen MR) is 61.5 cm³/mol. The average Bonchev–Trinajstić information content (AvgIpc) is 2.58. The highest BCUT2D eigenvalue weighted by atomic mass is 19.4. The van der Waals surface area contributed by atoms with Crippen molar-refractivity contribution in [2.75, 3.05) is 0 Å². The Labute approximate surface area is 158 Å². The Bertz CT molecular complexity index is 750. The van der Waals surface area contributed by atoms with Gasteiger partial charge in [0.1, 0.15) is 0 Å². The van der Waals surface area contributed by atoms with Crippen molar-refractivity contribution in [3.8, 4) is 6.07 Å². The molecule has 0 rings (SSSR count). The molecule has 0 radical (unpaired) electrons. The number of ether oxygens (including phenoxy) is 1. The molecular weight excluding hydrogens is 494 g/mol. The molecule has 0 bridgehead atoms. The minimum atomic E-state index is -8.58.